The van der Waals surface area contributed by atoms with Gasteiger partial charge in [0.1, 0.15) is 6.07 Å². The van der Waals surface area contributed by atoms with Crippen LogP contribution in [0.4, 0.5) is 0 Å². The largest absolute Gasteiger partial charge is 0.481 e. The number of carboxylic acid groups (broad SMARTS) is 1. The Balaban J connectivity index is 2.36. The third kappa shape index (κ3) is 3.40. The van der Waals surface area contributed by atoms with Crippen LogP contribution >= 0.6 is 0 Å². The normalized spacial score (nSPS) is 17.3. The van der Waals surface area contributed by atoms with Crippen molar-refractivity contribution < 1.29 is 18.3 Å². The molecule has 2 N–H and O–H groups in total. The first kappa shape index (κ1) is 15.5. The zero-order valence-electron chi connectivity index (χ0n) is 11.4. The number of aliphatic carboxylic acids is 1. The Bertz CT molecular complexity index is 685. The Labute approximate surface area is 123 Å². The van der Waals surface area contributed by atoms with Gasteiger partial charge in [-0.15, -0.1) is 0 Å². The van der Waals surface area contributed by atoms with Gasteiger partial charge in [0.2, 0.25) is 10.0 Å². The first-order valence-electron chi connectivity index (χ1n) is 6.63. The second-order valence-corrected chi connectivity index (χ2v) is 6.92. The minimum absolute atomic E-state index is 0.0495. The van der Waals surface area contributed by atoms with Gasteiger partial charge in [0, 0.05) is 5.54 Å². The predicted octanol–water partition coefficient (Wildman–Crippen LogP) is 1.62. The Morgan fingerprint density at radius 1 is 1.33 bits per heavy atom. The number of hydrogen-bond donors (Lipinski definition) is 2. The molecule has 6 nitrogen and oxygen atoms in total. The van der Waals surface area contributed by atoms with Gasteiger partial charge in [0.05, 0.1) is 16.9 Å². The molecule has 0 aliphatic heterocycles. The van der Waals surface area contributed by atoms with Gasteiger partial charge in [-0.3, -0.25) is 4.79 Å². The van der Waals surface area contributed by atoms with Gasteiger partial charge in [0.25, 0.3) is 0 Å². The fourth-order valence-corrected chi connectivity index (χ4v) is 4.41. The van der Waals surface area contributed by atoms with E-state index in [1.165, 1.54) is 18.2 Å². The SMILES string of the molecule is N#Cc1ccccc1S(=O)(=O)NC1(CC(=O)O)CCCC1. The molecule has 7 heteroatoms. The van der Waals surface area contributed by atoms with Crippen molar-refractivity contribution in [1.82, 2.24) is 4.72 Å². The molecule has 1 aromatic rings. The highest BCUT2D eigenvalue weighted by atomic mass is 32.2. The fraction of sp³-hybridized carbons (Fsp3) is 0.429. The summed E-state index contributed by atoms with van der Waals surface area (Å²) in [6.45, 7) is 0. The molecule has 0 aromatic heterocycles. The van der Waals surface area contributed by atoms with Gasteiger partial charge in [0.15, 0.2) is 0 Å². The van der Waals surface area contributed by atoms with Gasteiger partial charge in [-0.1, -0.05) is 25.0 Å². The van der Waals surface area contributed by atoms with Gasteiger partial charge < -0.3 is 5.11 Å². The van der Waals surface area contributed by atoms with Crippen molar-refractivity contribution in [2.24, 2.45) is 0 Å². The van der Waals surface area contributed by atoms with Crippen LogP contribution in [-0.2, 0) is 14.8 Å². The molecule has 0 saturated heterocycles. The lowest BCUT2D eigenvalue weighted by atomic mass is 9.95. The molecule has 1 aromatic carbocycles. The predicted molar refractivity (Wildman–Crippen MR) is 74.9 cm³/mol. The van der Waals surface area contributed by atoms with Crippen LogP contribution in [0, 0.1) is 11.3 Å². The molecular weight excluding hydrogens is 292 g/mol. The Morgan fingerprint density at radius 3 is 2.52 bits per heavy atom. The van der Waals surface area contributed by atoms with Gasteiger partial charge >= 0.3 is 5.97 Å². The standard InChI is InChI=1S/C14H16N2O4S/c15-10-11-5-1-2-6-12(11)21(19,20)16-14(9-13(17)18)7-3-4-8-14/h1-2,5-6,16H,3-4,7-9H2,(H,17,18). The Morgan fingerprint density at radius 2 is 1.95 bits per heavy atom. The summed E-state index contributed by atoms with van der Waals surface area (Å²) in [6.07, 6.45) is 2.31. The van der Waals surface area contributed by atoms with E-state index in [1.54, 1.807) is 6.07 Å². The summed E-state index contributed by atoms with van der Waals surface area (Å²) in [6, 6.07) is 7.74. The number of nitrogens with zero attached hydrogens (tertiary/aromatic N) is 1. The number of benzene rings is 1. The van der Waals surface area contributed by atoms with E-state index in [9.17, 15) is 13.2 Å². The van der Waals surface area contributed by atoms with E-state index in [-0.39, 0.29) is 16.9 Å². The first-order chi connectivity index (χ1) is 9.88. The van der Waals surface area contributed by atoms with Crippen LogP contribution in [0.5, 0.6) is 0 Å². The molecule has 1 aliphatic carbocycles. The highest BCUT2D eigenvalue weighted by Gasteiger charge is 2.40. The smallest absolute Gasteiger partial charge is 0.305 e. The summed E-state index contributed by atoms with van der Waals surface area (Å²) in [5.74, 6) is -1.03. The molecule has 0 bridgehead atoms. The van der Waals surface area contributed by atoms with Crippen LogP contribution < -0.4 is 4.72 Å². The highest BCUT2D eigenvalue weighted by molar-refractivity contribution is 7.89. The summed E-state index contributed by atoms with van der Waals surface area (Å²) < 4.78 is 27.5. The summed E-state index contributed by atoms with van der Waals surface area (Å²) in [4.78, 5) is 10.9. The van der Waals surface area contributed by atoms with Crippen molar-refractivity contribution in [2.45, 2.75) is 42.5 Å². The molecule has 0 radical (unpaired) electrons. The van der Waals surface area contributed by atoms with Crippen molar-refractivity contribution >= 4 is 16.0 Å². The number of carbonyl (C=O) groups is 1. The fourth-order valence-electron chi connectivity index (χ4n) is 2.79. The molecule has 0 atom stereocenters. The summed E-state index contributed by atoms with van der Waals surface area (Å²) in [5, 5.41) is 18.0. The number of hydrogen-bond acceptors (Lipinski definition) is 4. The molecule has 0 amide bonds. The summed E-state index contributed by atoms with van der Waals surface area (Å²) in [5.41, 5.74) is -0.902. The van der Waals surface area contributed by atoms with Gasteiger partial charge in [-0.05, 0) is 25.0 Å². The Hall–Kier alpha value is -1.91. The van der Waals surface area contributed by atoms with E-state index in [0.29, 0.717) is 12.8 Å². The lowest BCUT2D eigenvalue weighted by molar-refractivity contribution is -0.138. The number of sulfonamides is 1. The summed E-state index contributed by atoms with van der Waals surface area (Å²) >= 11 is 0. The number of carboxylic acids is 1. The highest BCUT2D eigenvalue weighted by Crippen LogP contribution is 2.34. The van der Waals surface area contributed by atoms with Crippen LogP contribution in [0.15, 0.2) is 29.2 Å². The number of nitrogens with one attached hydrogen (secondary N) is 1. The molecule has 1 fully saturated rings. The van der Waals surface area contributed by atoms with Crippen molar-refractivity contribution in [3.8, 4) is 6.07 Å². The molecule has 2 rings (SSSR count). The van der Waals surface area contributed by atoms with Crippen LogP contribution in [0.1, 0.15) is 37.7 Å². The summed E-state index contributed by atoms with van der Waals surface area (Å²) in [7, 11) is -3.93. The van der Waals surface area contributed by atoms with E-state index < -0.39 is 21.5 Å². The average Bonchev–Trinajstić information content (AvgIpc) is 2.85. The van der Waals surface area contributed by atoms with Crippen LogP contribution in [-0.4, -0.2) is 25.0 Å². The second-order valence-electron chi connectivity index (χ2n) is 5.27. The maximum Gasteiger partial charge on any atom is 0.305 e. The number of rotatable bonds is 5. The number of nitriles is 1. The van der Waals surface area contributed by atoms with E-state index in [2.05, 4.69) is 4.72 Å². The zero-order valence-corrected chi connectivity index (χ0v) is 12.2. The topological polar surface area (TPSA) is 107 Å². The lowest BCUT2D eigenvalue weighted by Crippen LogP contribution is -2.47. The van der Waals surface area contributed by atoms with E-state index >= 15 is 0 Å². The van der Waals surface area contributed by atoms with Gasteiger partial charge in [-0.2, -0.15) is 5.26 Å². The zero-order chi connectivity index (χ0) is 15.5. The average molecular weight is 308 g/mol. The minimum Gasteiger partial charge on any atom is -0.481 e. The minimum atomic E-state index is -3.93. The van der Waals surface area contributed by atoms with Gasteiger partial charge in [-0.25, -0.2) is 13.1 Å². The third-order valence-electron chi connectivity index (χ3n) is 3.70. The lowest BCUT2D eigenvalue weighted by Gasteiger charge is -2.28. The molecule has 0 unspecified atom stereocenters. The van der Waals surface area contributed by atoms with Crippen molar-refractivity contribution in [3.63, 3.8) is 0 Å². The van der Waals surface area contributed by atoms with Crippen molar-refractivity contribution in [2.75, 3.05) is 0 Å². The molecule has 1 saturated carbocycles. The molecular formula is C14H16N2O4S. The Kier molecular flexibility index (Phi) is 4.30. The first-order valence-corrected chi connectivity index (χ1v) is 8.12. The second kappa shape index (κ2) is 5.84. The maximum atomic E-state index is 12.5. The van der Waals surface area contributed by atoms with E-state index in [4.69, 9.17) is 10.4 Å². The van der Waals surface area contributed by atoms with Crippen molar-refractivity contribution in [1.29, 1.82) is 5.26 Å². The van der Waals surface area contributed by atoms with Crippen molar-refractivity contribution in [3.05, 3.63) is 29.8 Å². The molecule has 0 heterocycles. The molecule has 112 valence electrons. The molecule has 21 heavy (non-hydrogen) atoms. The monoisotopic (exact) mass is 308 g/mol. The third-order valence-corrected chi connectivity index (χ3v) is 5.33. The molecule has 0 spiro atoms. The van der Waals surface area contributed by atoms with E-state index in [0.717, 1.165) is 12.8 Å². The van der Waals surface area contributed by atoms with E-state index in [1.807, 2.05) is 6.07 Å². The van der Waals surface area contributed by atoms with Crippen LogP contribution in [0.3, 0.4) is 0 Å². The quantitative estimate of drug-likeness (QED) is 0.859. The maximum absolute atomic E-state index is 12.5. The van der Waals surface area contributed by atoms with Crippen LogP contribution in [0.2, 0.25) is 0 Å². The molecule has 1 aliphatic rings. The van der Waals surface area contributed by atoms with Crippen LogP contribution in [0.25, 0.3) is 0 Å².